The van der Waals surface area contributed by atoms with Gasteiger partial charge in [-0.2, -0.15) is 0 Å². The minimum Gasteiger partial charge on any atom is -0.489 e. The van der Waals surface area contributed by atoms with Gasteiger partial charge in [0.05, 0.1) is 0 Å². The molecule has 128 valence electrons. The Morgan fingerprint density at radius 2 is 1.96 bits per heavy atom. The number of benzene rings is 2. The predicted molar refractivity (Wildman–Crippen MR) is 95.3 cm³/mol. The molecule has 0 bridgehead atoms. The Hall–Kier alpha value is -2.04. The van der Waals surface area contributed by atoms with E-state index in [0.29, 0.717) is 18.2 Å². The van der Waals surface area contributed by atoms with E-state index in [1.165, 1.54) is 0 Å². The van der Waals surface area contributed by atoms with Crippen molar-refractivity contribution in [2.24, 2.45) is 5.92 Å². The van der Waals surface area contributed by atoms with E-state index in [1.807, 2.05) is 62.4 Å². The Morgan fingerprint density at radius 3 is 2.62 bits per heavy atom. The number of halogens is 1. The van der Waals surface area contributed by atoms with Crippen LogP contribution in [-0.2, 0) is 17.9 Å². The predicted octanol–water partition coefficient (Wildman–Crippen LogP) is 4.12. The number of hydrogen-bond donors (Lipinski definition) is 2. The van der Waals surface area contributed by atoms with Crippen molar-refractivity contribution < 1.29 is 14.6 Å². The summed E-state index contributed by atoms with van der Waals surface area (Å²) in [7, 11) is 0. The molecule has 0 unspecified atom stereocenters. The van der Waals surface area contributed by atoms with Crippen LogP contribution in [0.25, 0.3) is 0 Å². The third kappa shape index (κ3) is 5.25. The van der Waals surface area contributed by atoms with E-state index >= 15 is 0 Å². The number of nitrogens with one attached hydrogen (secondary N) is 1. The van der Waals surface area contributed by atoms with Crippen LogP contribution in [0, 0.1) is 5.92 Å². The summed E-state index contributed by atoms with van der Waals surface area (Å²) in [4.78, 5) is 11.2. The molecular formula is C19H22ClNO3. The average Bonchev–Trinajstić information content (AvgIpc) is 2.54. The standard InChI is InChI=1S/C19H22ClNO3/c1-13(2)18(19(22)23)21-11-14-6-5-8-16(10-14)24-12-15-7-3-4-9-17(15)20/h3-10,13,18,21H,11-12H2,1-2H3,(H,22,23)/t18-/m1/s1. The molecule has 2 aromatic carbocycles. The SMILES string of the molecule is CC(C)[C@@H](NCc1cccc(OCc2ccccc2Cl)c1)C(=O)O. The van der Waals surface area contributed by atoms with Gasteiger partial charge in [0, 0.05) is 17.1 Å². The quantitative estimate of drug-likeness (QED) is 0.754. The van der Waals surface area contributed by atoms with Crippen molar-refractivity contribution in [2.45, 2.75) is 33.0 Å². The number of hydrogen-bond acceptors (Lipinski definition) is 3. The largest absolute Gasteiger partial charge is 0.489 e. The Morgan fingerprint density at radius 1 is 1.21 bits per heavy atom. The molecule has 0 heterocycles. The highest BCUT2D eigenvalue weighted by molar-refractivity contribution is 6.31. The van der Waals surface area contributed by atoms with Gasteiger partial charge >= 0.3 is 5.97 Å². The molecule has 0 saturated heterocycles. The monoisotopic (exact) mass is 347 g/mol. The molecule has 0 aliphatic carbocycles. The van der Waals surface area contributed by atoms with E-state index in [-0.39, 0.29) is 5.92 Å². The minimum absolute atomic E-state index is 0.0159. The van der Waals surface area contributed by atoms with Gasteiger partial charge in [-0.05, 0) is 29.7 Å². The molecule has 4 nitrogen and oxygen atoms in total. The Balaban J connectivity index is 1.96. The summed E-state index contributed by atoms with van der Waals surface area (Å²) in [5.41, 5.74) is 1.90. The van der Waals surface area contributed by atoms with E-state index in [9.17, 15) is 9.90 Å². The first kappa shape index (κ1) is 18.3. The highest BCUT2D eigenvalue weighted by atomic mass is 35.5. The molecule has 2 aromatic rings. The van der Waals surface area contributed by atoms with Crippen LogP contribution < -0.4 is 10.1 Å². The van der Waals surface area contributed by atoms with Crippen LogP contribution in [0.15, 0.2) is 48.5 Å². The molecule has 1 atom stereocenters. The third-order valence-electron chi connectivity index (χ3n) is 3.71. The lowest BCUT2D eigenvalue weighted by molar-refractivity contribution is -0.140. The Bertz CT molecular complexity index is 688. The molecule has 0 radical (unpaired) electrons. The molecule has 0 aliphatic heterocycles. The van der Waals surface area contributed by atoms with Crippen LogP contribution in [-0.4, -0.2) is 17.1 Å². The van der Waals surface area contributed by atoms with Gasteiger partial charge in [0.25, 0.3) is 0 Å². The first-order chi connectivity index (χ1) is 11.5. The first-order valence-corrected chi connectivity index (χ1v) is 8.26. The Kier molecular flexibility index (Phi) is 6.64. The van der Waals surface area contributed by atoms with Crippen LogP contribution in [0.5, 0.6) is 5.75 Å². The number of ether oxygens (including phenoxy) is 1. The molecule has 2 N–H and O–H groups in total. The van der Waals surface area contributed by atoms with Crippen LogP contribution in [0.3, 0.4) is 0 Å². The van der Waals surface area contributed by atoms with E-state index in [1.54, 1.807) is 0 Å². The number of carboxylic acid groups (broad SMARTS) is 1. The second-order valence-corrected chi connectivity index (χ2v) is 6.38. The zero-order valence-corrected chi connectivity index (χ0v) is 14.6. The smallest absolute Gasteiger partial charge is 0.320 e. The second kappa shape index (κ2) is 8.71. The molecule has 0 saturated carbocycles. The van der Waals surface area contributed by atoms with Crippen molar-refractivity contribution in [3.05, 3.63) is 64.7 Å². The highest BCUT2D eigenvalue weighted by Gasteiger charge is 2.20. The van der Waals surface area contributed by atoms with Gasteiger partial charge in [-0.25, -0.2) is 0 Å². The molecule has 24 heavy (non-hydrogen) atoms. The van der Waals surface area contributed by atoms with Crippen molar-refractivity contribution in [1.29, 1.82) is 0 Å². The van der Waals surface area contributed by atoms with E-state index < -0.39 is 12.0 Å². The lowest BCUT2D eigenvalue weighted by Gasteiger charge is -2.18. The van der Waals surface area contributed by atoms with Crippen molar-refractivity contribution in [1.82, 2.24) is 5.32 Å². The number of carboxylic acids is 1. The summed E-state index contributed by atoms with van der Waals surface area (Å²) in [5.74, 6) is -0.0936. The van der Waals surface area contributed by atoms with Gasteiger partial charge < -0.3 is 15.2 Å². The maximum Gasteiger partial charge on any atom is 0.320 e. The normalized spacial score (nSPS) is 12.2. The lowest BCUT2D eigenvalue weighted by Crippen LogP contribution is -2.40. The van der Waals surface area contributed by atoms with Crippen molar-refractivity contribution in [3.63, 3.8) is 0 Å². The van der Waals surface area contributed by atoms with Gasteiger partial charge in [0.1, 0.15) is 18.4 Å². The van der Waals surface area contributed by atoms with Crippen molar-refractivity contribution in [2.75, 3.05) is 0 Å². The minimum atomic E-state index is -0.837. The average molecular weight is 348 g/mol. The van der Waals surface area contributed by atoms with Crippen LogP contribution in [0.2, 0.25) is 5.02 Å². The second-order valence-electron chi connectivity index (χ2n) is 5.97. The molecule has 0 aliphatic rings. The van der Waals surface area contributed by atoms with E-state index in [4.69, 9.17) is 16.3 Å². The molecule has 0 spiro atoms. The van der Waals surface area contributed by atoms with Crippen molar-refractivity contribution in [3.8, 4) is 5.75 Å². The third-order valence-corrected chi connectivity index (χ3v) is 4.08. The fraction of sp³-hybridized carbons (Fsp3) is 0.316. The van der Waals surface area contributed by atoms with Gasteiger partial charge in [0.15, 0.2) is 0 Å². The number of carbonyl (C=O) groups is 1. The molecule has 0 amide bonds. The Labute approximate surface area is 147 Å². The fourth-order valence-electron chi connectivity index (χ4n) is 2.36. The van der Waals surface area contributed by atoms with Crippen LogP contribution in [0.1, 0.15) is 25.0 Å². The highest BCUT2D eigenvalue weighted by Crippen LogP contribution is 2.19. The molecule has 0 fully saturated rings. The van der Waals surface area contributed by atoms with Crippen molar-refractivity contribution >= 4 is 17.6 Å². The zero-order chi connectivity index (χ0) is 17.5. The van der Waals surface area contributed by atoms with E-state index in [0.717, 1.165) is 16.9 Å². The van der Waals surface area contributed by atoms with Crippen LogP contribution >= 0.6 is 11.6 Å². The molecular weight excluding hydrogens is 326 g/mol. The summed E-state index contributed by atoms with van der Waals surface area (Å²) in [6.07, 6.45) is 0. The molecule has 2 rings (SSSR count). The summed E-state index contributed by atoms with van der Waals surface area (Å²) in [6, 6.07) is 14.6. The van der Waals surface area contributed by atoms with Gasteiger partial charge in [-0.15, -0.1) is 0 Å². The number of aliphatic carboxylic acids is 1. The summed E-state index contributed by atoms with van der Waals surface area (Å²) in [5, 5.41) is 13.0. The molecule has 0 aromatic heterocycles. The van der Waals surface area contributed by atoms with Gasteiger partial charge in [-0.3, -0.25) is 4.79 Å². The summed E-state index contributed by atoms with van der Waals surface area (Å²) >= 11 is 6.12. The van der Waals surface area contributed by atoms with E-state index in [2.05, 4.69) is 5.32 Å². The fourth-order valence-corrected chi connectivity index (χ4v) is 2.55. The maximum atomic E-state index is 11.2. The molecule has 5 heteroatoms. The summed E-state index contributed by atoms with van der Waals surface area (Å²) < 4.78 is 5.79. The van der Waals surface area contributed by atoms with Crippen LogP contribution in [0.4, 0.5) is 0 Å². The lowest BCUT2D eigenvalue weighted by atomic mass is 10.0. The zero-order valence-electron chi connectivity index (χ0n) is 13.8. The summed E-state index contributed by atoms with van der Waals surface area (Å²) in [6.45, 7) is 4.63. The van der Waals surface area contributed by atoms with Gasteiger partial charge in [-0.1, -0.05) is 55.8 Å². The maximum absolute atomic E-state index is 11.2. The van der Waals surface area contributed by atoms with Gasteiger partial charge in [0.2, 0.25) is 0 Å². The topological polar surface area (TPSA) is 58.6 Å². The first-order valence-electron chi connectivity index (χ1n) is 7.88. The number of rotatable bonds is 8.